The van der Waals surface area contributed by atoms with E-state index in [9.17, 15) is 24.9 Å². The largest absolute Gasteiger partial charge is 1.00 e. The van der Waals surface area contributed by atoms with Crippen LogP contribution in [0.2, 0.25) is 0 Å². The first-order chi connectivity index (χ1) is 19.9. The van der Waals surface area contributed by atoms with Crippen molar-refractivity contribution in [2.45, 2.75) is 86.6 Å². The molecule has 7 unspecified atom stereocenters. The molecule has 43 heavy (non-hydrogen) atoms. The molecule has 1 spiro atoms. The number of para-hydroxylation sites is 1. The molecule has 6 aliphatic rings. The average molecular weight is 666 g/mol. The lowest BCUT2D eigenvalue weighted by atomic mass is 9.41. The molecule has 1 saturated heterocycles. The van der Waals surface area contributed by atoms with Gasteiger partial charge in [0.15, 0.2) is 5.78 Å². The van der Waals surface area contributed by atoms with Crippen LogP contribution in [0.1, 0.15) is 55.8 Å². The zero-order chi connectivity index (χ0) is 30.0. The highest BCUT2D eigenvalue weighted by Crippen LogP contribution is 2.79. The van der Waals surface area contributed by atoms with E-state index in [0.717, 1.165) is 19.4 Å². The Morgan fingerprint density at radius 3 is 2.37 bits per heavy atom. The number of carbonyl (C=O) groups excluding carboxylic acids is 2. The molecular formula is C32H45BrN2O8. The molecule has 1 aliphatic heterocycles. The summed E-state index contributed by atoms with van der Waals surface area (Å²) in [5.74, 6) is -1.07. The number of likely N-dealkylation sites (tertiary alicyclic amines) is 1. The van der Waals surface area contributed by atoms with Crippen LogP contribution in [0.5, 0.6) is 0 Å². The van der Waals surface area contributed by atoms with Gasteiger partial charge in [0.25, 0.3) is 0 Å². The number of ether oxygens (including phenoxy) is 3. The molecule has 1 amide bonds. The third-order valence-corrected chi connectivity index (χ3v) is 13.1. The van der Waals surface area contributed by atoms with Crippen molar-refractivity contribution in [2.75, 3.05) is 40.2 Å². The van der Waals surface area contributed by atoms with Gasteiger partial charge in [-0.05, 0) is 43.7 Å². The minimum absolute atomic E-state index is 0. The molecule has 6 fully saturated rings. The first kappa shape index (κ1) is 31.5. The van der Waals surface area contributed by atoms with Crippen LogP contribution in [0.3, 0.4) is 0 Å². The number of hydrogen-bond acceptors (Lipinski definition) is 8. The molecule has 0 aromatic heterocycles. The van der Waals surface area contributed by atoms with Gasteiger partial charge in [-0.3, -0.25) is 9.59 Å². The number of ketones is 1. The van der Waals surface area contributed by atoms with Crippen molar-refractivity contribution in [1.29, 1.82) is 0 Å². The van der Waals surface area contributed by atoms with Crippen molar-refractivity contribution in [3.8, 4) is 0 Å². The Morgan fingerprint density at radius 2 is 1.72 bits per heavy atom. The van der Waals surface area contributed by atoms with E-state index < -0.39 is 45.8 Å². The van der Waals surface area contributed by atoms with Crippen molar-refractivity contribution in [2.24, 2.45) is 28.6 Å². The summed E-state index contributed by atoms with van der Waals surface area (Å²) < 4.78 is 18.1. The number of quaternary nitrogens is 1. The third-order valence-electron chi connectivity index (χ3n) is 13.1. The second-order valence-corrected chi connectivity index (χ2v) is 14.4. The zero-order valence-electron chi connectivity index (χ0n) is 25.6. The molecule has 1 aromatic carbocycles. The van der Waals surface area contributed by atoms with Gasteiger partial charge >= 0.3 is 0 Å². The lowest BCUT2D eigenvalue weighted by Crippen LogP contribution is -3.20. The normalized spacial score (nSPS) is 50.1. The summed E-state index contributed by atoms with van der Waals surface area (Å²) in [5.41, 5.74) is -4.67. The average Bonchev–Trinajstić information content (AvgIpc) is 3.35. The number of carbonyl (C=O) groups is 2. The van der Waals surface area contributed by atoms with Crippen LogP contribution in [0.4, 0.5) is 5.69 Å². The zero-order valence-corrected chi connectivity index (χ0v) is 27.1. The molecule has 5 saturated carbocycles. The standard InChI is InChI=1S/C32H44N2O8.BrH/c1-17(35)33-20-9-7-6-8-18(20)21(36)13-28-11-10-24(40-3)31-22(28)12-19(26(31)34(2)16-28)30(38)15-25(41-4)29(37)14-23(31)32(30,39)27(29)42-5;/h6-9,19,22-27,37-39H,10-16H2,1-5H3,(H,33,35);1H/t19?,22-,23+,24?,25?,26-,27?,28?,29-,30+,31?,32+;/m1./s1. The Morgan fingerprint density at radius 1 is 1.02 bits per heavy atom. The minimum atomic E-state index is -1.69. The highest BCUT2D eigenvalue weighted by Gasteiger charge is 2.92. The van der Waals surface area contributed by atoms with Crippen molar-refractivity contribution >= 4 is 17.4 Å². The van der Waals surface area contributed by atoms with Crippen LogP contribution in [0.15, 0.2) is 24.3 Å². The Hall–Kier alpha value is -1.44. The van der Waals surface area contributed by atoms with E-state index in [2.05, 4.69) is 12.4 Å². The Labute approximate surface area is 263 Å². The summed E-state index contributed by atoms with van der Waals surface area (Å²) in [6.07, 6.45) is 0.899. The monoisotopic (exact) mass is 664 g/mol. The highest BCUT2D eigenvalue weighted by atomic mass is 79.9. The Kier molecular flexibility index (Phi) is 7.36. The van der Waals surface area contributed by atoms with Crippen molar-refractivity contribution in [1.82, 2.24) is 0 Å². The molecular weight excluding hydrogens is 620 g/mol. The van der Waals surface area contributed by atoms with Gasteiger partial charge in [-0.25, -0.2) is 0 Å². The maximum Gasteiger partial charge on any atom is 0.221 e. The fourth-order valence-corrected chi connectivity index (χ4v) is 12.3. The predicted molar refractivity (Wildman–Crippen MR) is 151 cm³/mol. The summed E-state index contributed by atoms with van der Waals surface area (Å²) in [6, 6.07) is 7.14. The summed E-state index contributed by atoms with van der Waals surface area (Å²) >= 11 is 0. The molecule has 1 heterocycles. The predicted octanol–water partition coefficient (Wildman–Crippen LogP) is -2.80. The lowest BCUT2D eigenvalue weighted by molar-refractivity contribution is -0.937. The van der Waals surface area contributed by atoms with E-state index >= 15 is 0 Å². The van der Waals surface area contributed by atoms with Gasteiger partial charge < -0.3 is 56.7 Å². The van der Waals surface area contributed by atoms with Crippen molar-refractivity contribution in [3.05, 3.63) is 29.8 Å². The second-order valence-electron chi connectivity index (χ2n) is 14.4. The van der Waals surface area contributed by atoms with E-state index in [1.165, 1.54) is 18.9 Å². The maximum absolute atomic E-state index is 14.2. The SMILES string of the molecule is COC1CCC2(CC(=O)c3ccccc3NC(C)=O)C[NH+](C)[C@@H]3C4C[C@H]2C13[C@@H]1C[C@@]2(O)C(OC)C[C@@]4(O)[C@@]1(O)C2OC.[Br-]. The Bertz CT molecular complexity index is 1330. The number of rotatable bonds is 7. The maximum atomic E-state index is 14.2. The van der Waals surface area contributed by atoms with Gasteiger partial charge in [-0.1, -0.05) is 12.1 Å². The van der Waals surface area contributed by atoms with Crippen LogP contribution < -0.4 is 27.2 Å². The number of amides is 1. The minimum Gasteiger partial charge on any atom is -1.00 e. The lowest BCUT2D eigenvalue weighted by Gasteiger charge is -2.69. The summed E-state index contributed by atoms with van der Waals surface area (Å²) in [5, 5.41) is 40.6. The van der Waals surface area contributed by atoms with Gasteiger partial charge in [0.2, 0.25) is 5.91 Å². The summed E-state index contributed by atoms with van der Waals surface area (Å²) in [6.45, 7) is 2.20. The van der Waals surface area contributed by atoms with E-state index in [0.29, 0.717) is 24.1 Å². The number of anilines is 1. The molecule has 1 aromatic rings. The topological polar surface area (TPSA) is 139 Å². The number of methoxy groups -OCH3 is 3. The number of hydrogen-bond donors (Lipinski definition) is 5. The van der Waals surface area contributed by atoms with Crippen molar-refractivity contribution < 1.29 is 61.0 Å². The quantitative estimate of drug-likeness (QED) is 0.197. The van der Waals surface area contributed by atoms with Gasteiger partial charge in [-0.2, -0.15) is 0 Å². The fraction of sp³-hybridized carbons (Fsp3) is 0.750. The van der Waals surface area contributed by atoms with E-state index in [-0.39, 0.29) is 65.5 Å². The molecule has 10 nitrogen and oxygen atoms in total. The smallest absolute Gasteiger partial charge is 0.221 e. The summed E-state index contributed by atoms with van der Waals surface area (Å²) in [4.78, 5) is 27.3. The third kappa shape index (κ3) is 3.54. The second kappa shape index (κ2) is 10.0. The molecule has 7 rings (SSSR count). The number of Topliss-reactive ketones (excluding diaryl/α,β-unsaturated/α-hetero) is 1. The van der Waals surface area contributed by atoms with Gasteiger partial charge in [-0.15, -0.1) is 0 Å². The highest BCUT2D eigenvalue weighted by molar-refractivity contribution is 6.04. The molecule has 5 aliphatic carbocycles. The molecule has 7 bridgehead atoms. The molecule has 0 radical (unpaired) electrons. The Balaban J connectivity index is 0.00000329. The fourth-order valence-electron chi connectivity index (χ4n) is 12.3. The van der Waals surface area contributed by atoms with Crippen LogP contribution in [-0.4, -0.2) is 103 Å². The van der Waals surface area contributed by atoms with Crippen LogP contribution in [0.25, 0.3) is 0 Å². The molecule has 13 atom stereocenters. The van der Waals surface area contributed by atoms with Crippen LogP contribution in [-0.2, 0) is 19.0 Å². The number of piperidine rings is 1. The molecule has 238 valence electrons. The first-order valence-electron chi connectivity index (χ1n) is 15.4. The number of halogens is 1. The number of benzene rings is 1. The first-order valence-corrected chi connectivity index (χ1v) is 15.4. The number of aliphatic hydroxyl groups is 3. The van der Waals surface area contributed by atoms with E-state index in [4.69, 9.17) is 14.2 Å². The van der Waals surface area contributed by atoms with E-state index in [1.54, 1.807) is 26.4 Å². The van der Waals surface area contributed by atoms with Crippen molar-refractivity contribution in [3.63, 3.8) is 0 Å². The van der Waals surface area contributed by atoms with Gasteiger partial charge in [0.05, 0.1) is 36.9 Å². The van der Waals surface area contributed by atoms with E-state index in [1.807, 2.05) is 12.1 Å². The van der Waals surface area contributed by atoms with Crippen LogP contribution in [0, 0.1) is 28.6 Å². The summed E-state index contributed by atoms with van der Waals surface area (Å²) in [7, 11) is 6.92. The number of nitrogens with one attached hydrogen (secondary N) is 2. The van der Waals surface area contributed by atoms with Crippen LogP contribution >= 0.6 is 0 Å². The van der Waals surface area contributed by atoms with Gasteiger partial charge in [0.1, 0.15) is 28.9 Å². The molecule has 11 heteroatoms. The molecule has 5 N–H and O–H groups in total. The van der Waals surface area contributed by atoms with Gasteiger partial charge in [0, 0.05) is 63.9 Å². The number of fused-ring (bicyclic) bond motifs is 2.